The van der Waals surface area contributed by atoms with Gasteiger partial charge in [-0.05, 0) is 27.2 Å². The summed E-state index contributed by atoms with van der Waals surface area (Å²) in [4.78, 5) is 76.0. The number of nitrogen functional groups attached to an aromatic ring is 1. The van der Waals surface area contributed by atoms with Crippen molar-refractivity contribution in [3.63, 3.8) is 0 Å². The Hall–Kier alpha value is -6.38. The normalized spacial score (nSPS) is 15.8. The molecule has 0 aliphatic carbocycles. The molecule has 5 heterocycles. The Balaban J connectivity index is 1.19. The van der Waals surface area contributed by atoms with Gasteiger partial charge in [0, 0.05) is 42.8 Å². The van der Waals surface area contributed by atoms with Gasteiger partial charge >= 0.3 is 16.3 Å². The van der Waals surface area contributed by atoms with Crippen molar-refractivity contribution in [2.24, 2.45) is 5.16 Å². The van der Waals surface area contributed by atoms with Crippen molar-refractivity contribution in [2.75, 3.05) is 18.8 Å². The number of carboxylic acid groups (broad SMARTS) is 1. The van der Waals surface area contributed by atoms with Crippen molar-refractivity contribution in [3.05, 3.63) is 68.8 Å². The Morgan fingerprint density at radius 1 is 1.19 bits per heavy atom. The number of β-lactam (4-membered cyclic amide) rings is 1. The molecule has 304 valence electrons. The summed E-state index contributed by atoms with van der Waals surface area (Å²) in [5.74, 6) is -5.09. The number of aromatic nitrogens is 5. The molecule has 23 nitrogen and oxygen atoms in total. The number of nitrogens with one attached hydrogen (secondary N) is 3. The number of carboxylic acids is 1. The second-order valence-electron chi connectivity index (χ2n) is 12.7. The van der Waals surface area contributed by atoms with Gasteiger partial charge in [-0.3, -0.25) is 28.4 Å². The molecule has 1 aliphatic rings. The molecule has 1 fully saturated rings. The number of aliphatic carboxylic acids is 1. The van der Waals surface area contributed by atoms with Crippen molar-refractivity contribution in [1.82, 2.24) is 44.7 Å². The molecule has 9 N–H and O–H groups in total. The minimum absolute atomic E-state index is 0.0132. The Kier molecular flexibility index (Phi) is 12.0. The summed E-state index contributed by atoms with van der Waals surface area (Å²) in [5.41, 5.74) is 3.25. The topological polar surface area (TPSA) is 336 Å². The van der Waals surface area contributed by atoms with Crippen LogP contribution in [0, 0.1) is 6.92 Å². The molecule has 3 amide bonds. The number of anilines is 1. The second kappa shape index (κ2) is 16.4. The molecule has 1 aliphatic heterocycles. The predicted molar refractivity (Wildman–Crippen MR) is 202 cm³/mol. The lowest BCUT2D eigenvalue weighted by molar-refractivity contribution is -0.161. The summed E-state index contributed by atoms with van der Waals surface area (Å²) < 4.78 is 36.2. The van der Waals surface area contributed by atoms with Gasteiger partial charge in [-0.25, -0.2) is 19.1 Å². The van der Waals surface area contributed by atoms with Crippen molar-refractivity contribution in [3.8, 4) is 16.3 Å². The fourth-order valence-electron chi connectivity index (χ4n) is 5.06. The molecule has 4 aromatic rings. The number of aryl methyl sites for hydroxylation is 1. The molecule has 2 unspecified atom stereocenters. The van der Waals surface area contributed by atoms with E-state index >= 15 is 0 Å². The van der Waals surface area contributed by atoms with E-state index in [0.29, 0.717) is 34.8 Å². The highest BCUT2D eigenvalue weighted by molar-refractivity contribution is 7.84. The van der Waals surface area contributed by atoms with E-state index < -0.39 is 75.1 Å². The SMILES string of the molecule is C=C(NCCCn1cc(-c2ncc(C(=O)NCC3C(NC(=O)/C(=N\OC(C)(C)C(=O)O)c4csc(N)n4)C(=O)N3S(=O)(=O)O)s2)cn1)c1cc(=O)c(O)c(C)n1O. The lowest BCUT2D eigenvalue weighted by atomic mass is 9.98. The van der Waals surface area contributed by atoms with E-state index in [2.05, 4.69) is 42.8 Å². The Morgan fingerprint density at radius 2 is 1.91 bits per heavy atom. The molecule has 5 rings (SSSR count). The average Bonchev–Trinajstić information content (AvgIpc) is 3.92. The van der Waals surface area contributed by atoms with Gasteiger partial charge in [0.05, 0.1) is 24.1 Å². The molecule has 0 saturated carbocycles. The maximum absolute atomic E-state index is 13.3. The zero-order valence-corrected chi connectivity index (χ0v) is 32.5. The highest BCUT2D eigenvalue weighted by Crippen LogP contribution is 2.27. The fourth-order valence-corrected chi connectivity index (χ4v) is 7.30. The van der Waals surface area contributed by atoms with E-state index in [1.54, 1.807) is 10.9 Å². The van der Waals surface area contributed by atoms with Gasteiger partial charge in [0.15, 0.2) is 16.6 Å². The average molecular weight is 850 g/mol. The molecule has 0 spiro atoms. The lowest BCUT2D eigenvalue weighted by Gasteiger charge is -2.44. The summed E-state index contributed by atoms with van der Waals surface area (Å²) in [6.07, 6.45) is 5.01. The van der Waals surface area contributed by atoms with E-state index in [4.69, 9.17) is 10.6 Å². The van der Waals surface area contributed by atoms with Crippen LogP contribution in [-0.2, 0) is 36.1 Å². The number of amides is 3. The van der Waals surface area contributed by atoms with Crippen molar-refractivity contribution in [1.29, 1.82) is 0 Å². The van der Waals surface area contributed by atoms with Gasteiger partial charge in [-0.1, -0.05) is 11.7 Å². The van der Waals surface area contributed by atoms with Gasteiger partial charge in [0.25, 0.3) is 17.7 Å². The standard InChI is InChI=1S/C31H35N11O12S3/c1-14(18-8-20(43)24(44)15(2)41(18)50)33-6-5-7-40-12-16(9-36-40)27-35-11-21(56-27)25(45)34-10-19-23(28(47)42(19)57(51,52)53)38-26(46)22(17-13-55-30(32)37-17)39-54-31(3,4)29(48)49/h8-9,11-13,19,23,33,44,50H,1,5-7,10H2,2-4H3,(H2,32,37)(H,34,45)(H,38,46)(H,48,49)(H,51,52,53)/b39-22-. The number of aromatic hydroxyl groups is 1. The van der Waals surface area contributed by atoms with Crippen LogP contribution < -0.4 is 27.1 Å². The number of pyridine rings is 1. The molecule has 2 atom stereocenters. The number of rotatable bonds is 17. The number of hydrogen-bond acceptors (Lipinski definition) is 18. The first-order valence-corrected chi connectivity index (χ1v) is 19.5. The first-order chi connectivity index (χ1) is 26.7. The van der Waals surface area contributed by atoms with Crippen molar-refractivity contribution < 1.29 is 52.4 Å². The van der Waals surface area contributed by atoms with Gasteiger partial charge in [0.2, 0.25) is 11.0 Å². The minimum Gasteiger partial charge on any atom is -0.503 e. The van der Waals surface area contributed by atoms with Crippen LogP contribution in [0.2, 0.25) is 0 Å². The summed E-state index contributed by atoms with van der Waals surface area (Å²) in [7, 11) is -5.14. The van der Waals surface area contributed by atoms with Crippen LogP contribution in [0.15, 0.2) is 46.6 Å². The molecule has 26 heteroatoms. The maximum atomic E-state index is 13.3. The quantitative estimate of drug-likeness (QED) is 0.0168. The fraction of sp³-hybridized carbons (Fsp3) is 0.323. The minimum atomic E-state index is -5.14. The predicted octanol–water partition coefficient (Wildman–Crippen LogP) is -0.379. The zero-order chi connectivity index (χ0) is 42.0. The molecule has 0 aromatic carbocycles. The molecular formula is C31H35N11O12S3. The number of thiazole rings is 2. The van der Waals surface area contributed by atoms with E-state index in [9.17, 15) is 52.4 Å². The third-order valence-corrected chi connectivity index (χ3v) is 10.9. The van der Waals surface area contributed by atoms with Crippen molar-refractivity contribution >= 4 is 73.2 Å². The highest BCUT2D eigenvalue weighted by Gasteiger charge is 2.54. The molecule has 0 bridgehead atoms. The molecule has 4 aromatic heterocycles. The molecule has 0 radical (unpaired) electrons. The molecular weight excluding hydrogens is 815 g/mol. The zero-order valence-electron chi connectivity index (χ0n) is 30.1. The van der Waals surface area contributed by atoms with Crippen LogP contribution in [0.3, 0.4) is 0 Å². The van der Waals surface area contributed by atoms with Crippen molar-refractivity contribution in [2.45, 2.75) is 51.4 Å². The van der Waals surface area contributed by atoms with E-state index in [1.165, 1.54) is 24.7 Å². The number of carbonyl (C=O) groups excluding carboxylic acids is 3. The molecule has 57 heavy (non-hydrogen) atoms. The largest absolute Gasteiger partial charge is 0.503 e. The first kappa shape index (κ1) is 41.8. The van der Waals surface area contributed by atoms with Crippen LogP contribution >= 0.6 is 22.7 Å². The van der Waals surface area contributed by atoms with Gasteiger partial charge in [-0.15, -0.1) is 22.7 Å². The van der Waals surface area contributed by atoms with Gasteiger partial charge in [0.1, 0.15) is 33.0 Å². The summed E-state index contributed by atoms with van der Waals surface area (Å²) in [6, 6.07) is -2.06. The Bertz CT molecular complexity index is 2450. The van der Waals surface area contributed by atoms with Crippen LogP contribution in [-0.4, -0.2) is 117 Å². The maximum Gasteiger partial charge on any atom is 0.362 e. The van der Waals surface area contributed by atoms with Crippen LogP contribution in [0.5, 0.6) is 5.75 Å². The summed E-state index contributed by atoms with van der Waals surface area (Å²) >= 11 is 1.89. The smallest absolute Gasteiger partial charge is 0.362 e. The third-order valence-electron chi connectivity index (χ3n) is 8.25. The van der Waals surface area contributed by atoms with Crippen LogP contribution in [0.25, 0.3) is 16.3 Å². The van der Waals surface area contributed by atoms with E-state index in [1.807, 2.05) is 0 Å². The second-order valence-corrected chi connectivity index (χ2v) is 15.9. The van der Waals surface area contributed by atoms with E-state index in [-0.39, 0.29) is 37.1 Å². The third kappa shape index (κ3) is 9.20. The number of oxime groups is 1. The van der Waals surface area contributed by atoms with Crippen LogP contribution in [0.1, 0.15) is 47.0 Å². The van der Waals surface area contributed by atoms with E-state index in [0.717, 1.165) is 42.6 Å². The Labute approximate surface area is 329 Å². The first-order valence-electron chi connectivity index (χ1n) is 16.4. The lowest BCUT2D eigenvalue weighted by Crippen LogP contribution is -2.74. The molecule has 1 saturated heterocycles. The summed E-state index contributed by atoms with van der Waals surface area (Å²) in [5, 5.41) is 46.7. The number of nitrogens with zero attached hydrogens (tertiary/aromatic N) is 7. The number of carbonyl (C=O) groups is 4. The Morgan fingerprint density at radius 3 is 2.56 bits per heavy atom. The number of hydrogen-bond donors (Lipinski definition) is 8. The summed E-state index contributed by atoms with van der Waals surface area (Å²) in [6.45, 7) is 7.76. The van der Waals surface area contributed by atoms with Gasteiger partial charge < -0.3 is 41.9 Å². The monoisotopic (exact) mass is 849 g/mol. The highest BCUT2D eigenvalue weighted by atomic mass is 32.2. The number of nitrogens with two attached hydrogens (primary N) is 1. The van der Waals surface area contributed by atoms with Crippen LogP contribution in [0.4, 0.5) is 5.13 Å². The van der Waals surface area contributed by atoms with Gasteiger partial charge in [-0.2, -0.15) is 18.2 Å².